The normalized spacial score (nSPS) is 19.3. The van der Waals surface area contributed by atoms with Crippen LogP contribution in [0.25, 0.3) is 11.6 Å². The molecule has 192 valence electrons. The molecule has 0 saturated carbocycles. The molecule has 0 radical (unpaired) electrons. The molecule has 36 heavy (non-hydrogen) atoms. The number of nitrogens with one attached hydrogen (secondary N) is 3. The Kier molecular flexibility index (Phi) is 7.00. The second-order valence-corrected chi connectivity index (χ2v) is 11.6. The molecule has 5 rings (SSSR count). The summed E-state index contributed by atoms with van der Waals surface area (Å²) < 4.78 is 27.0. The maximum atomic E-state index is 12.9. The van der Waals surface area contributed by atoms with Crippen LogP contribution in [0.3, 0.4) is 0 Å². The first-order valence-electron chi connectivity index (χ1n) is 12.6. The number of rotatable bonds is 8. The van der Waals surface area contributed by atoms with E-state index in [1.54, 1.807) is 12.1 Å². The van der Waals surface area contributed by atoms with Gasteiger partial charge in [-0.05, 0) is 87.5 Å². The number of aromatic nitrogens is 1. The van der Waals surface area contributed by atoms with Crippen molar-refractivity contribution in [1.29, 1.82) is 0 Å². The van der Waals surface area contributed by atoms with Crippen LogP contribution in [-0.4, -0.2) is 75.3 Å². The van der Waals surface area contributed by atoms with Gasteiger partial charge in [0.25, 0.3) is 5.91 Å². The average Bonchev–Trinajstić information content (AvgIpc) is 3.40. The SMILES string of the molecule is CNS(=O)(=O)c1ccc2c(c1)/C(=C\c1[nH]c3c(c1CCCN1CCN(C=O)CC1)CCCC3)C(=O)N2. The monoisotopic (exact) mass is 511 g/mol. The Morgan fingerprint density at radius 3 is 2.64 bits per heavy atom. The smallest absolute Gasteiger partial charge is 0.256 e. The molecule has 1 aliphatic carbocycles. The van der Waals surface area contributed by atoms with Crippen molar-refractivity contribution in [2.75, 3.05) is 45.1 Å². The third-order valence-corrected chi connectivity index (χ3v) is 8.95. The number of benzene rings is 1. The van der Waals surface area contributed by atoms with Crippen molar-refractivity contribution in [2.45, 2.75) is 43.4 Å². The fourth-order valence-corrected chi connectivity index (χ4v) is 6.25. The molecule has 3 heterocycles. The van der Waals surface area contributed by atoms with Gasteiger partial charge in [0.2, 0.25) is 16.4 Å². The molecule has 0 atom stereocenters. The Bertz CT molecular complexity index is 1310. The van der Waals surface area contributed by atoms with Crippen molar-refractivity contribution in [3.8, 4) is 0 Å². The van der Waals surface area contributed by atoms with Gasteiger partial charge in [0.1, 0.15) is 0 Å². The highest BCUT2D eigenvalue weighted by Gasteiger charge is 2.28. The molecule has 9 nitrogen and oxygen atoms in total. The topological polar surface area (TPSA) is 115 Å². The quantitative estimate of drug-likeness (QED) is 0.371. The van der Waals surface area contributed by atoms with Crippen molar-refractivity contribution >= 4 is 39.7 Å². The van der Waals surface area contributed by atoms with Gasteiger partial charge in [0.15, 0.2) is 0 Å². The van der Waals surface area contributed by atoms with E-state index >= 15 is 0 Å². The van der Waals surface area contributed by atoms with Crippen LogP contribution >= 0.6 is 0 Å². The van der Waals surface area contributed by atoms with Crippen molar-refractivity contribution in [2.24, 2.45) is 0 Å². The first-order chi connectivity index (χ1) is 17.4. The standard InChI is InChI=1S/C26H33N5O4S/c1-27-36(34,35)18-8-9-24-21(15-18)22(26(33)29-24)16-25-20(19-5-2-3-7-23(19)28-25)6-4-10-30-11-13-31(17-32)14-12-30/h8-9,15-17,27-28H,2-7,10-14H2,1H3,(H,29,33)/b22-16+. The van der Waals surface area contributed by atoms with Crippen LogP contribution in [0.15, 0.2) is 23.1 Å². The van der Waals surface area contributed by atoms with Crippen molar-refractivity contribution in [3.63, 3.8) is 0 Å². The number of hydrogen-bond donors (Lipinski definition) is 3. The summed E-state index contributed by atoms with van der Waals surface area (Å²) in [5.74, 6) is -0.226. The first-order valence-corrected chi connectivity index (χ1v) is 14.1. The molecule has 1 fully saturated rings. The van der Waals surface area contributed by atoms with E-state index in [4.69, 9.17) is 0 Å². The number of aryl methyl sites for hydroxylation is 1. The highest BCUT2D eigenvalue weighted by Crippen LogP contribution is 2.37. The molecule has 0 spiro atoms. The highest BCUT2D eigenvalue weighted by molar-refractivity contribution is 7.89. The van der Waals surface area contributed by atoms with Gasteiger partial charge in [-0.15, -0.1) is 0 Å². The summed E-state index contributed by atoms with van der Waals surface area (Å²) in [6, 6.07) is 4.71. The molecule has 3 N–H and O–H groups in total. The lowest BCUT2D eigenvalue weighted by Crippen LogP contribution is -2.45. The molecule has 2 aromatic rings. The van der Waals surface area contributed by atoms with Gasteiger partial charge in [-0.3, -0.25) is 14.5 Å². The Balaban J connectivity index is 1.42. The van der Waals surface area contributed by atoms with Crippen LogP contribution < -0.4 is 10.0 Å². The zero-order valence-corrected chi connectivity index (χ0v) is 21.4. The van der Waals surface area contributed by atoms with E-state index in [9.17, 15) is 18.0 Å². The van der Waals surface area contributed by atoms with E-state index in [-0.39, 0.29) is 10.8 Å². The van der Waals surface area contributed by atoms with Crippen molar-refractivity contribution in [3.05, 3.63) is 46.3 Å². The van der Waals surface area contributed by atoms with Gasteiger partial charge in [-0.2, -0.15) is 0 Å². The van der Waals surface area contributed by atoms with Gasteiger partial charge in [-0.25, -0.2) is 13.1 Å². The maximum Gasteiger partial charge on any atom is 0.256 e. The van der Waals surface area contributed by atoms with E-state index < -0.39 is 10.0 Å². The van der Waals surface area contributed by atoms with Gasteiger partial charge in [-0.1, -0.05) is 0 Å². The number of hydrogen-bond acceptors (Lipinski definition) is 5. The molecule has 1 saturated heterocycles. The number of carbonyl (C=O) groups is 2. The fraction of sp³-hybridized carbons (Fsp3) is 0.462. The molecule has 1 aromatic carbocycles. The summed E-state index contributed by atoms with van der Waals surface area (Å²) in [7, 11) is -2.25. The number of amides is 2. The zero-order chi connectivity index (χ0) is 25.3. The van der Waals surface area contributed by atoms with E-state index in [1.807, 2.05) is 11.0 Å². The highest BCUT2D eigenvalue weighted by atomic mass is 32.2. The minimum Gasteiger partial charge on any atom is -0.358 e. The van der Waals surface area contributed by atoms with Gasteiger partial charge in [0, 0.05) is 48.8 Å². The number of fused-ring (bicyclic) bond motifs is 2. The second kappa shape index (κ2) is 10.2. The lowest BCUT2D eigenvalue weighted by Gasteiger charge is -2.32. The molecule has 0 unspecified atom stereocenters. The van der Waals surface area contributed by atoms with E-state index in [1.165, 1.54) is 29.9 Å². The predicted octanol–water partition coefficient (Wildman–Crippen LogP) is 2.00. The van der Waals surface area contributed by atoms with Crippen LogP contribution in [0.2, 0.25) is 0 Å². The van der Waals surface area contributed by atoms with Crippen molar-refractivity contribution < 1.29 is 18.0 Å². The van der Waals surface area contributed by atoms with Gasteiger partial charge < -0.3 is 15.2 Å². The minimum atomic E-state index is -3.62. The molecule has 1 aromatic heterocycles. The summed E-state index contributed by atoms with van der Waals surface area (Å²) >= 11 is 0. The number of anilines is 1. The largest absolute Gasteiger partial charge is 0.358 e. The fourth-order valence-electron chi connectivity index (χ4n) is 5.50. The lowest BCUT2D eigenvalue weighted by molar-refractivity contribution is -0.119. The first kappa shape index (κ1) is 24.7. The Morgan fingerprint density at radius 2 is 1.89 bits per heavy atom. The molecule has 2 aliphatic heterocycles. The number of nitrogens with zero attached hydrogens (tertiary/aromatic N) is 2. The summed E-state index contributed by atoms with van der Waals surface area (Å²) in [5, 5.41) is 2.87. The van der Waals surface area contributed by atoms with E-state index in [0.29, 0.717) is 16.8 Å². The third-order valence-electron chi connectivity index (χ3n) is 7.54. The summed E-state index contributed by atoms with van der Waals surface area (Å²) in [4.78, 5) is 31.8. The predicted molar refractivity (Wildman–Crippen MR) is 139 cm³/mol. The van der Waals surface area contributed by atoms with E-state index in [0.717, 1.165) is 83.4 Å². The van der Waals surface area contributed by atoms with Gasteiger partial charge >= 0.3 is 0 Å². The molecule has 3 aliphatic rings. The Morgan fingerprint density at radius 1 is 1.11 bits per heavy atom. The van der Waals surface area contributed by atoms with Gasteiger partial charge in [0.05, 0.1) is 10.5 Å². The van der Waals surface area contributed by atoms with Crippen LogP contribution in [-0.2, 0) is 38.9 Å². The van der Waals surface area contributed by atoms with Crippen LogP contribution in [0.5, 0.6) is 0 Å². The summed E-state index contributed by atoms with van der Waals surface area (Å²) in [5.41, 5.74) is 6.55. The number of piperazine rings is 1. The number of sulfonamides is 1. The maximum absolute atomic E-state index is 12.9. The molecular weight excluding hydrogens is 478 g/mol. The molecule has 0 bridgehead atoms. The van der Waals surface area contributed by atoms with Crippen LogP contribution in [0.1, 0.15) is 47.3 Å². The summed E-state index contributed by atoms with van der Waals surface area (Å²) in [6.45, 7) is 4.32. The lowest BCUT2D eigenvalue weighted by atomic mass is 9.92. The Labute approximate surface area is 212 Å². The Hall–Kier alpha value is -2.95. The number of aromatic amines is 1. The zero-order valence-electron chi connectivity index (χ0n) is 20.6. The van der Waals surface area contributed by atoms with E-state index in [2.05, 4.69) is 19.9 Å². The second-order valence-electron chi connectivity index (χ2n) is 9.70. The van der Waals surface area contributed by atoms with Crippen LogP contribution in [0.4, 0.5) is 5.69 Å². The molecule has 2 amide bonds. The average molecular weight is 512 g/mol. The number of H-pyrrole nitrogens is 1. The molecule has 10 heteroatoms. The minimum absolute atomic E-state index is 0.131. The van der Waals surface area contributed by atoms with Crippen LogP contribution in [0, 0.1) is 0 Å². The number of carbonyl (C=O) groups excluding carboxylic acids is 2. The third kappa shape index (κ3) is 4.85. The molecular formula is C26H33N5O4S. The summed E-state index contributed by atoms with van der Waals surface area (Å²) in [6.07, 6.45) is 9.08. The van der Waals surface area contributed by atoms with Crippen molar-refractivity contribution in [1.82, 2.24) is 19.5 Å².